The molecule has 7 nitrogen and oxygen atoms in total. The zero-order valence-electron chi connectivity index (χ0n) is 17.5. The first kappa shape index (κ1) is 20.8. The molecule has 160 valence electrons. The van der Waals surface area contributed by atoms with Crippen LogP contribution in [-0.4, -0.2) is 47.3 Å². The largest absolute Gasteiger partial charge is 0.462 e. The highest BCUT2D eigenvalue weighted by Gasteiger charge is 2.49. The lowest BCUT2D eigenvalue weighted by atomic mass is 10.1. The Morgan fingerprint density at radius 3 is 2.35 bits per heavy atom. The van der Waals surface area contributed by atoms with Gasteiger partial charge in [-0.2, -0.15) is 0 Å². The van der Waals surface area contributed by atoms with Gasteiger partial charge in [-0.3, -0.25) is 14.4 Å². The number of hydrogen-bond donors (Lipinski definition) is 0. The maximum Gasteiger partial charge on any atom is 0.338 e. The molecule has 7 heteroatoms. The van der Waals surface area contributed by atoms with Crippen LogP contribution in [0.5, 0.6) is 0 Å². The van der Waals surface area contributed by atoms with E-state index < -0.39 is 17.9 Å². The highest BCUT2D eigenvalue weighted by molar-refractivity contribution is 6.23. The number of nitrogens with zero attached hydrogens (tertiary/aromatic N) is 2. The molecule has 2 aromatic rings. The Hall–Kier alpha value is -3.48. The van der Waals surface area contributed by atoms with Crippen molar-refractivity contribution in [2.45, 2.75) is 45.2 Å². The number of ether oxygens (including phenoxy) is 1. The first-order valence-electron chi connectivity index (χ1n) is 10.4. The predicted molar refractivity (Wildman–Crippen MR) is 114 cm³/mol. The highest BCUT2D eigenvalue weighted by Crippen LogP contribution is 2.35. The smallest absolute Gasteiger partial charge is 0.338 e. The molecule has 1 aliphatic heterocycles. The maximum atomic E-state index is 13.3. The molecule has 1 heterocycles. The van der Waals surface area contributed by atoms with Crippen LogP contribution in [0.4, 0.5) is 5.69 Å². The Balaban J connectivity index is 1.59. The lowest BCUT2D eigenvalue weighted by Gasteiger charge is -2.28. The van der Waals surface area contributed by atoms with Crippen molar-refractivity contribution in [1.82, 2.24) is 4.90 Å². The number of aryl methyl sites for hydroxylation is 1. The summed E-state index contributed by atoms with van der Waals surface area (Å²) in [5.41, 5.74) is 2.11. The SMILES string of the molecule is CCOC(=O)c1ccc(N2C(=O)CC(N(C(=O)c3ccccc3C)C3CC3)C2=O)cc1. The first-order valence-corrected chi connectivity index (χ1v) is 10.4. The Labute approximate surface area is 180 Å². The summed E-state index contributed by atoms with van der Waals surface area (Å²) in [4.78, 5) is 53.9. The summed E-state index contributed by atoms with van der Waals surface area (Å²) in [7, 11) is 0. The van der Waals surface area contributed by atoms with Gasteiger partial charge in [-0.25, -0.2) is 9.69 Å². The van der Waals surface area contributed by atoms with Crippen LogP contribution >= 0.6 is 0 Å². The van der Waals surface area contributed by atoms with E-state index in [9.17, 15) is 19.2 Å². The van der Waals surface area contributed by atoms with Gasteiger partial charge in [0.1, 0.15) is 6.04 Å². The molecule has 0 radical (unpaired) electrons. The summed E-state index contributed by atoms with van der Waals surface area (Å²) in [6.45, 7) is 3.84. The van der Waals surface area contributed by atoms with E-state index in [1.54, 1.807) is 36.1 Å². The van der Waals surface area contributed by atoms with Crippen molar-refractivity contribution < 1.29 is 23.9 Å². The Morgan fingerprint density at radius 2 is 1.74 bits per heavy atom. The van der Waals surface area contributed by atoms with Crippen molar-refractivity contribution in [2.75, 3.05) is 11.5 Å². The number of benzene rings is 2. The second-order valence-corrected chi connectivity index (χ2v) is 7.81. The Morgan fingerprint density at radius 1 is 1.06 bits per heavy atom. The van der Waals surface area contributed by atoms with Crippen molar-refractivity contribution in [3.8, 4) is 0 Å². The molecule has 0 spiro atoms. The van der Waals surface area contributed by atoms with Gasteiger partial charge in [-0.15, -0.1) is 0 Å². The molecule has 1 unspecified atom stereocenters. The van der Waals surface area contributed by atoms with Crippen molar-refractivity contribution >= 4 is 29.4 Å². The predicted octanol–water partition coefficient (Wildman–Crippen LogP) is 3.11. The lowest BCUT2D eigenvalue weighted by Crippen LogP contribution is -2.47. The van der Waals surface area contributed by atoms with Gasteiger partial charge >= 0.3 is 5.97 Å². The highest BCUT2D eigenvalue weighted by atomic mass is 16.5. The maximum absolute atomic E-state index is 13.3. The van der Waals surface area contributed by atoms with Crippen molar-refractivity contribution in [3.63, 3.8) is 0 Å². The molecular weight excluding hydrogens is 396 g/mol. The molecule has 2 fully saturated rings. The van der Waals surface area contributed by atoms with E-state index in [1.165, 1.54) is 12.1 Å². The molecule has 1 saturated heterocycles. The van der Waals surface area contributed by atoms with Gasteiger partial charge in [0.05, 0.1) is 24.3 Å². The van der Waals surface area contributed by atoms with Gasteiger partial charge in [-0.1, -0.05) is 18.2 Å². The van der Waals surface area contributed by atoms with Crippen molar-refractivity contribution in [1.29, 1.82) is 0 Å². The third-order valence-corrected chi connectivity index (χ3v) is 5.65. The minimum Gasteiger partial charge on any atom is -0.462 e. The standard InChI is InChI=1S/C24H24N2O5/c1-3-31-24(30)16-8-10-18(11-9-16)26-21(27)14-20(23(26)29)25(17-12-13-17)22(28)19-7-5-4-6-15(19)2/h4-11,17,20H,3,12-14H2,1-2H3. The van der Waals surface area contributed by atoms with Gasteiger partial charge in [0.25, 0.3) is 11.8 Å². The average molecular weight is 420 g/mol. The molecule has 1 saturated carbocycles. The van der Waals surface area contributed by atoms with Crippen LogP contribution in [0.2, 0.25) is 0 Å². The zero-order valence-corrected chi connectivity index (χ0v) is 17.5. The van der Waals surface area contributed by atoms with E-state index in [-0.39, 0.29) is 30.9 Å². The molecule has 2 aliphatic rings. The molecule has 0 N–H and O–H groups in total. The molecule has 0 aromatic heterocycles. The van der Waals surface area contributed by atoms with Crippen LogP contribution in [0.1, 0.15) is 52.5 Å². The summed E-state index contributed by atoms with van der Waals surface area (Å²) in [5, 5.41) is 0. The molecule has 0 bridgehead atoms. The molecular formula is C24H24N2O5. The minimum absolute atomic E-state index is 0.0278. The quantitative estimate of drug-likeness (QED) is 0.530. The number of hydrogen-bond acceptors (Lipinski definition) is 5. The fourth-order valence-electron chi connectivity index (χ4n) is 3.93. The number of esters is 1. The number of rotatable bonds is 6. The van der Waals surface area contributed by atoms with E-state index in [1.807, 2.05) is 19.1 Å². The summed E-state index contributed by atoms with van der Waals surface area (Å²) < 4.78 is 4.96. The molecule has 1 atom stereocenters. The topological polar surface area (TPSA) is 84.0 Å². The van der Waals surface area contributed by atoms with E-state index in [2.05, 4.69) is 0 Å². The lowest BCUT2D eigenvalue weighted by molar-refractivity contribution is -0.122. The fourth-order valence-corrected chi connectivity index (χ4v) is 3.93. The summed E-state index contributed by atoms with van der Waals surface area (Å²) in [6, 6.07) is 12.6. The van der Waals surface area contributed by atoms with Gasteiger partial charge in [0.2, 0.25) is 5.91 Å². The van der Waals surface area contributed by atoms with Gasteiger partial charge in [0, 0.05) is 11.6 Å². The third kappa shape index (κ3) is 3.95. The molecule has 2 aromatic carbocycles. The van der Waals surface area contributed by atoms with Crippen molar-refractivity contribution in [3.05, 3.63) is 65.2 Å². The summed E-state index contributed by atoms with van der Waals surface area (Å²) in [6.07, 6.45) is 1.60. The monoisotopic (exact) mass is 420 g/mol. The van der Waals surface area contributed by atoms with E-state index in [0.717, 1.165) is 23.3 Å². The van der Waals surface area contributed by atoms with Crippen LogP contribution in [0.15, 0.2) is 48.5 Å². The summed E-state index contributed by atoms with van der Waals surface area (Å²) >= 11 is 0. The Bertz CT molecular complexity index is 1040. The van der Waals surface area contributed by atoms with Gasteiger partial charge < -0.3 is 9.64 Å². The van der Waals surface area contributed by atoms with E-state index in [0.29, 0.717) is 16.8 Å². The van der Waals surface area contributed by atoms with E-state index >= 15 is 0 Å². The minimum atomic E-state index is -0.822. The van der Waals surface area contributed by atoms with Crippen LogP contribution in [0.25, 0.3) is 0 Å². The summed E-state index contributed by atoms with van der Waals surface area (Å²) in [5.74, 6) is -1.45. The number of carbonyl (C=O) groups is 4. The van der Waals surface area contributed by atoms with Gasteiger partial charge in [-0.05, 0) is 62.6 Å². The molecule has 1 aliphatic carbocycles. The first-order chi connectivity index (χ1) is 14.9. The normalized spacial score (nSPS) is 18.3. The number of amides is 3. The van der Waals surface area contributed by atoms with Crippen molar-refractivity contribution in [2.24, 2.45) is 0 Å². The van der Waals surface area contributed by atoms with Crippen LogP contribution < -0.4 is 4.90 Å². The Kier molecular flexibility index (Phi) is 5.59. The molecule has 4 rings (SSSR count). The number of anilines is 1. The average Bonchev–Trinajstić information content (AvgIpc) is 3.54. The van der Waals surface area contributed by atoms with Gasteiger partial charge in [0.15, 0.2) is 0 Å². The molecule has 31 heavy (non-hydrogen) atoms. The fraction of sp³-hybridized carbons (Fsp3) is 0.333. The van der Waals surface area contributed by atoms with Crippen LogP contribution in [-0.2, 0) is 14.3 Å². The van der Waals surface area contributed by atoms with Crippen LogP contribution in [0.3, 0.4) is 0 Å². The van der Waals surface area contributed by atoms with Crippen LogP contribution in [0, 0.1) is 6.92 Å². The zero-order chi connectivity index (χ0) is 22.1. The number of carbonyl (C=O) groups excluding carboxylic acids is 4. The molecule has 3 amide bonds. The second-order valence-electron chi connectivity index (χ2n) is 7.81. The number of imide groups is 1. The second kappa shape index (κ2) is 8.34. The third-order valence-electron chi connectivity index (χ3n) is 5.65. The van der Waals surface area contributed by atoms with E-state index in [4.69, 9.17) is 4.74 Å².